The van der Waals surface area contributed by atoms with Crippen LogP contribution in [0.5, 0.6) is 0 Å². The van der Waals surface area contributed by atoms with E-state index in [1.165, 1.54) is 0 Å². The summed E-state index contributed by atoms with van der Waals surface area (Å²) < 4.78 is 0. The zero-order valence-electron chi connectivity index (χ0n) is 14.4. The molecule has 0 saturated carbocycles. The maximum atomic E-state index is 12.2. The number of amides is 2. The van der Waals surface area contributed by atoms with Gasteiger partial charge in [0.1, 0.15) is 0 Å². The van der Waals surface area contributed by atoms with Crippen LogP contribution in [0.2, 0.25) is 0 Å². The van der Waals surface area contributed by atoms with E-state index in [1.54, 1.807) is 24.3 Å². The van der Waals surface area contributed by atoms with E-state index < -0.39 is 35.6 Å². The van der Waals surface area contributed by atoms with Crippen molar-refractivity contribution in [3.63, 3.8) is 0 Å². The molecule has 0 aromatic heterocycles. The Kier molecular flexibility index (Phi) is 6.94. The van der Waals surface area contributed by atoms with Crippen molar-refractivity contribution < 1.29 is 29.4 Å². The monoisotopic (exact) mass is 364 g/mol. The number of carbonyl (C=O) groups is 4. The predicted molar refractivity (Wildman–Crippen MR) is 92.0 cm³/mol. The van der Waals surface area contributed by atoms with Crippen molar-refractivity contribution in [2.24, 2.45) is 23.7 Å². The molecular weight excluding hydrogens is 340 g/mol. The highest BCUT2D eigenvalue weighted by Gasteiger charge is 2.35. The van der Waals surface area contributed by atoms with Gasteiger partial charge in [0.25, 0.3) is 0 Å². The summed E-state index contributed by atoms with van der Waals surface area (Å²) in [5, 5.41) is 23.7. The Morgan fingerprint density at radius 3 is 1.27 bits per heavy atom. The average Bonchev–Trinajstić information content (AvgIpc) is 2.64. The molecule has 0 heterocycles. The first-order valence-electron chi connectivity index (χ1n) is 8.72. The van der Waals surface area contributed by atoms with E-state index in [-0.39, 0.29) is 24.9 Å². The molecule has 2 amide bonds. The standard InChI is InChI=1S/C18H24N2O6/c21-15(11-5-1-3-7-13(11)17(23)24)19-9-10-20-16(22)12-6-2-4-8-14(12)18(25)26/h1-4,11-14H,5-10H2,(H,19,21)(H,20,22)(H,23,24)(H,25,26)/t11-,12+,13-,14-/m1/s1. The first kappa shape index (κ1) is 19.7. The number of carbonyl (C=O) groups excluding carboxylic acids is 2. The Hall–Kier alpha value is -2.64. The highest BCUT2D eigenvalue weighted by atomic mass is 16.4. The largest absolute Gasteiger partial charge is 0.481 e. The molecule has 0 unspecified atom stereocenters. The van der Waals surface area contributed by atoms with Gasteiger partial charge in [-0.05, 0) is 25.7 Å². The molecule has 142 valence electrons. The minimum Gasteiger partial charge on any atom is -0.481 e. The third-order valence-electron chi connectivity index (χ3n) is 4.90. The van der Waals surface area contributed by atoms with Crippen molar-refractivity contribution in [2.75, 3.05) is 13.1 Å². The molecule has 0 radical (unpaired) electrons. The fourth-order valence-electron chi connectivity index (χ4n) is 3.39. The van der Waals surface area contributed by atoms with Crippen LogP contribution in [0.3, 0.4) is 0 Å². The summed E-state index contributed by atoms with van der Waals surface area (Å²) in [6, 6.07) is 0. The topological polar surface area (TPSA) is 133 Å². The molecule has 8 heteroatoms. The van der Waals surface area contributed by atoms with Gasteiger partial charge in [-0.1, -0.05) is 24.3 Å². The smallest absolute Gasteiger partial charge is 0.307 e. The number of carboxylic acids is 2. The van der Waals surface area contributed by atoms with Crippen LogP contribution in [0.1, 0.15) is 25.7 Å². The molecule has 0 spiro atoms. The van der Waals surface area contributed by atoms with Crippen LogP contribution < -0.4 is 10.6 Å². The van der Waals surface area contributed by atoms with E-state index in [2.05, 4.69) is 10.6 Å². The zero-order chi connectivity index (χ0) is 19.1. The van der Waals surface area contributed by atoms with E-state index in [0.717, 1.165) is 0 Å². The van der Waals surface area contributed by atoms with Gasteiger partial charge >= 0.3 is 11.9 Å². The van der Waals surface area contributed by atoms with E-state index in [4.69, 9.17) is 0 Å². The summed E-state index contributed by atoms with van der Waals surface area (Å²) in [5.41, 5.74) is 0. The maximum absolute atomic E-state index is 12.2. The molecule has 2 rings (SSSR count). The van der Waals surface area contributed by atoms with Gasteiger partial charge in [0.15, 0.2) is 0 Å². The van der Waals surface area contributed by atoms with Gasteiger partial charge in [-0.15, -0.1) is 0 Å². The van der Waals surface area contributed by atoms with Crippen LogP contribution in [-0.4, -0.2) is 47.1 Å². The lowest BCUT2D eigenvalue weighted by atomic mass is 9.82. The van der Waals surface area contributed by atoms with Crippen molar-refractivity contribution in [3.8, 4) is 0 Å². The van der Waals surface area contributed by atoms with Crippen molar-refractivity contribution >= 4 is 23.8 Å². The number of rotatable bonds is 7. The van der Waals surface area contributed by atoms with Crippen LogP contribution in [0.25, 0.3) is 0 Å². The summed E-state index contributed by atoms with van der Waals surface area (Å²) in [6.07, 6.45) is 8.54. The maximum Gasteiger partial charge on any atom is 0.307 e. The first-order valence-corrected chi connectivity index (χ1v) is 8.72. The second-order valence-corrected chi connectivity index (χ2v) is 6.57. The summed E-state index contributed by atoms with van der Waals surface area (Å²) >= 11 is 0. The van der Waals surface area contributed by atoms with Gasteiger partial charge in [-0.2, -0.15) is 0 Å². The summed E-state index contributed by atoms with van der Waals surface area (Å²) in [6.45, 7) is 0.328. The van der Waals surface area contributed by atoms with E-state index in [0.29, 0.717) is 25.7 Å². The number of carboxylic acid groups (broad SMARTS) is 2. The first-order chi connectivity index (χ1) is 12.4. The summed E-state index contributed by atoms with van der Waals surface area (Å²) in [4.78, 5) is 46.8. The van der Waals surface area contributed by atoms with Crippen LogP contribution >= 0.6 is 0 Å². The van der Waals surface area contributed by atoms with Gasteiger partial charge < -0.3 is 20.8 Å². The van der Waals surface area contributed by atoms with E-state index >= 15 is 0 Å². The molecular formula is C18H24N2O6. The Morgan fingerprint density at radius 1 is 0.654 bits per heavy atom. The Morgan fingerprint density at radius 2 is 0.962 bits per heavy atom. The Labute approximate surface area is 151 Å². The third-order valence-corrected chi connectivity index (χ3v) is 4.90. The van der Waals surface area contributed by atoms with E-state index in [1.807, 2.05) is 0 Å². The quantitative estimate of drug-likeness (QED) is 0.385. The second kappa shape index (κ2) is 9.17. The zero-order valence-corrected chi connectivity index (χ0v) is 14.4. The van der Waals surface area contributed by atoms with Gasteiger partial charge in [-0.25, -0.2) is 0 Å². The number of allylic oxidation sites excluding steroid dienone is 4. The fourth-order valence-corrected chi connectivity index (χ4v) is 3.39. The van der Waals surface area contributed by atoms with Crippen LogP contribution in [0.15, 0.2) is 24.3 Å². The highest BCUT2D eigenvalue weighted by molar-refractivity contribution is 5.86. The SMILES string of the molecule is O=C(NCCNC(=O)[C@@H]1CC=CC[C@H]1C(=O)O)[C@H]1CC=CC[C@H]1C(=O)O. The lowest BCUT2D eigenvalue weighted by Crippen LogP contribution is -2.44. The molecule has 26 heavy (non-hydrogen) atoms. The lowest BCUT2D eigenvalue weighted by molar-refractivity contribution is -0.147. The third kappa shape index (κ3) is 4.93. The molecule has 0 aliphatic heterocycles. The molecule has 4 atom stereocenters. The van der Waals surface area contributed by atoms with Crippen molar-refractivity contribution in [1.82, 2.24) is 10.6 Å². The van der Waals surface area contributed by atoms with Gasteiger partial charge in [-0.3, -0.25) is 19.2 Å². The van der Waals surface area contributed by atoms with Crippen molar-refractivity contribution in [3.05, 3.63) is 24.3 Å². The average molecular weight is 364 g/mol. The van der Waals surface area contributed by atoms with Crippen LogP contribution in [-0.2, 0) is 19.2 Å². The van der Waals surface area contributed by atoms with Gasteiger partial charge in [0.2, 0.25) is 11.8 Å². The number of nitrogens with one attached hydrogen (secondary N) is 2. The minimum absolute atomic E-state index is 0.164. The second-order valence-electron chi connectivity index (χ2n) is 6.57. The molecule has 0 aromatic rings. The number of hydrogen-bond acceptors (Lipinski definition) is 4. The van der Waals surface area contributed by atoms with Crippen LogP contribution in [0.4, 0.5) is 0 Å². The summed E-state index contributed by atoms with van der Waals surface area (Å²) in [5.74, 6) is -5.39. The predicted octanol–water partition coefficient (Wildman–Crippen LogP) is 0.553. The summed E-state index contributed by atoms with van der Waals surface area (Å²) in [7, 11) is 0. The molecule has 0 aromatic carbocycles. The minimum atomic E-state index is -0.993. The number of hydrogen-bond donors (Lipinski definition) is 4. The van der Waals surface area contributed by atoms with Gasteiger partial charge in [0, 0.05) is 13.1 Å². The van der Waals surface area contributed by atoms with Crippen LogP contribution in [0, 0.1) is 23.7 Å². The van der Waals surface area contributed by atoms with Crippen molar-refractivity contribution in [1.29, 1.82) is 0 Å². The normalized spacial score (nSPS) is 27.5. The molecule has 2 aliphatic carbocycles. The molecule has 0 bridgehead atoms. The molecule has 2 aliphatic rings. The van der Waals surface area contributed by atoms with E-state index in [9.17, 15) is 29.4 Å². The Bertz CT molecular complexity index is 573. The van der Waals surface area contributed by atoms with Gasteiger partial charge in [0.05, 0.1) is 23.7 Å². The molecule has 8 nitrogen and oxygen atoms in total. The van der Waals surface area contributed by atoms with Crippen molar-refractivity contribution in [2.45, 2.75) is 25.7 Å². The fraction of sp³-hybridized carbons (Fsp3) is 0.556. The lowest BCUT2D eigenvalue weighted by Gasteiger charge is -2.25. The molecule has 0 fully saturated rings. The number of aliphatic carboxylic acids is 2. The Balaban J connectivity index is 1.77. The molecule has 4 N–H and O–H groups in total. The molecule has 0 saturated heterocycles. The highest BCUT2D eigenvalue weighted by Crippen LogP contribution is 2.26.